The number of nitrogens with zero attached hydrogens (tertiary/aromatic N) is 2. The summed E-state index contributed by atoms with van der Waals surface area (Å²) >= 11 is 1.45. The Hall–Kier alpha value is -2.73. The van der Waals surface area contributed by atoms with Crippen molar-refractivity contribution in [2.45, 2.75) is 13.0 Å². The number of hydrogen-bond acceptors (Lipinski definition) is 3. The number of aryl methyl sites for hydroxylation is 1. The van der Waals surface area contributed by atoms with Crippen LogP contribution in [0.3, 0.4) is 0 Å². The quantitative estimate of drug-likeness (QED) is 0.797. The topological polar surface area (TPSA) is 63.5 Å². The molecule has 0 bridgehead atoms. The van der Waals surface area contributed by atoms with E-state index in [1.54, 1.807) is 31.2 Å². The molecule has 1 atom stereocenters. The van der Waals surface area contributed by atoms with E-state index in [1.807, 2.05) is 41.9 Å². The number of para-hydroxylation sites is 1. The Kier molecular flexibility index (Phi) is 4.57. The third-order valence-corrected chi connectivity index (χ3v) is 4.79. The molecule has 0 radical (unpaired) electrons. The minimum atomic E-state index is -0.692. The van der Waals surface area contributed by atoms with E-state index in [9.17, 15) is 9.59 Å². The van der Waals surface area contributed by atoms with Crippen molar-refractivity contribution in [3.8, 4) is 0 Å². The molecule has 0 aliphatic rings. The van der Waals surface area contributed by atoms with Gasteiger partial charge in [0.1, 0.15) is 6.04 Å². The number of carbonyl (C=O) groups is 2. The number of fused-ring (bicyclic) bond motifs is 1. The largest absolute Gasteiger partial charge is 0.340 e. The number of carbonyl (C=O) groups excluding carboxylic acids is 2. The average molecular weight is 339 g/mol. The van der Waals surface area contributed by atoms with Gasteiger partial charge in [-0.25, -0.2) is 0 Å². The van der Waals surface area contributed by atoms with Gasteiger partial charge in [-0.1, -0.05) is 41.7 Å². The predicted molar refractivity (Wildman–Crippen MR) is 94.7 cm³/mol. The molecule has 0 saturated carbocycles. The van der Waals surface area contributed by atoms with Crippen molar-refractivity contribution in [3.05, 3.63) is 65.0 Å². The van der Waals surface area contributed by atoms with Crippen molar-refractivity contribution >= 4 is 33.4 Å². The molecule has 3 aromatic rings. The number of rotatable bonds is 3. The summed E-state index contributed by atoms with van der Waals surface area (Å²) in [5, 5.41) is 2.68. The SMILES string of the molecule is C[C@@H](NC(=O)c1ccccc1)C(=O)N=c1sc2ccccc2n1C. The first-order valence-corrected chi connectivity index (χ1v) is 8.37. The zero-order valence-corrected chi connectivity index (χ0v) is 14.2. The van der Waals surface area contributed by atoms with E-state index in [1.165, 1.54) is 11.3 Å². The van der Waals surface area contributed by atoms with Crippen LogP contribution in [0.2, 0.25) is 0 Å². The van der Waals surface area contributed by atoms with Crippen LogP contribution >= 0.6 is 11.3 Å². The highest BCUT2D eigenvalue weighted by Gasteiger charge is 2.16. The van der Waals surface area contributed by atoms with E-state index >= 15 is 0 Å². The Morgan fingerprint density at radius 1 is 1.08 bits per heavy atom. The average Bonchev–Trinajstić information content (AvgIpc) is 2.92. The van der Waals surface area contributed by atoms with Gasteiger partial charge in [0, 0.05) is 12.6 Å². The lowest BCUT2D eigenvalue weighted by molar-refractivity contribution is -0.119. The molecule has 1 N–H and O–H groups in total. The van der Waals surface area contributed by atoms with E-state index in [-0.39, 0.29) is 11.8 Å². The van der Waals surface area contributed by atoms with Crippen LogP contribution in [-0.2, 0) is 11.8 Å². The lowest BCUT2D eigenvalue weighted by Gasteiger charge is -2.09. The molecule has 2 aromatic carbocycles. The van der Waals surface area contributed by atoms with Gasteiger partial charge in [0.15, 0.2) is 4.80 Å². The fourth-order valence-electron chi connectivity index (χ4n) is 2.31. The van der Waals surface area contributed by atoms with Crippen LogP contribution in [-0.4, -0.2) is 22.4 Å². The number of amides is 2. The molecular formula is C18H17N3O2S. The molecule has 3 rings (SSSR count). The molecule has 0 saturated heterocycles. The molecule has 24 heavy (non-hydrogen) atoms. The van der Waals surface area contributed by atoms with E-state index < -0.39 is 6.04 Å². The van der Waals surface area contributed by atoms with Gasteiger partial charge < -0.3 is 9.88 Å². The zero-order valence-electron chi connectivity index (χ0n) is 13.4. The molecule has 0 aliphatic carbocycles. The summed E-state index contributed by atoms with van der Waals surface area (Å²) in [6.45, 7) is 1.64. The van der Waals surface area contributed by atoms with Gasteiger partial charge in [-0.2, -0.15) is 4.99 Å². The fraction of sp³-hybridized carbons (Fsp3) is 0.167. The highest BCUT2D eigenvalue weighted by molar-refractivity contribution is 7.16. The summed E-state index contributed by atoms with van der Waals surface area (Å²) in [5.41, 5.74) is 1.54. The van der Waals surface area contributed by atoms with Gasteiger partial charge in [-0.05, 0) is 31.2 Å². The van der Waals surface area contributed by atoms with Crippen LogP contribution < -0.4 is 10.1 Å². The van der Waals surface area contributed by atoms with Crippen LogP contribution in [0.4, 0.5) is 0 Å². The molecule has 122 valence electrons. The highest BCUT2D eigenvalue weighted by Crippen LogP contribution is 2.15. The Balaban J connectivity index is 1.80. The Labute approximate surface area is 143 Å². The second-order valence-electron chi connectivity index (χ2n) is 5.42. The predicted octanol–water partition coefficient (Wildman–Crippen LogP) is 2.49. The first-order valence-electron chi connectivity index (χ1n) is 7.55. The minimum Gasteiger partial charge on any atom is -0.340 e. The minimum absolute atomic E-state index is 0.285. The van der Waals surface area contributed by atoms with Crippen LogP contribution in [0.15, 0.2) is 59.6 Å². The third-order valence-electron chi connectivity index (χ3n) is 3.67. The maximum absolute atomic E-state index is 12.3. The van der Waals surface area contributed by atoms with Gasteiger partial charge in [0.25, 0.3) is 11.8 Å². The maximum atomic E-state index is 12.3. The molecule has 2 amide bonds. The van der Waals surface area contributed by atoms with Gasteiger partial charge in [-0.15, -0.1) is 0 Å². The number of aromatic nitrogens is 1. The van der Waals surface area contributed by atoms with Gasteiger partial charge in [-0.3, -0.25) is 9.59 Å². The van der Waals surface area contributed by atoms with Gasteiger partial charge in [0.05, 0.1) is 10.2 Å². The van der Waals surface area contributed by atoms with Crippen molar-refractivity contribution in [1.29, 1.82) is 0 Å². The Bertz CT molecular complexity index is 957. The van der Waals surface area contributed by atoms with Crippen molar-refractivity contribution in [2.24, 2.45) is 12.0 Å². The molecule has 0 fully saturated rings. The summed E-state index contributed by atoms with van der Waals surface area (Å²) in [7, 11) is 1.87. The van der Waals surface area contributed by atoms with Crippen molar-refractivity contribution < 1.29 is 9.59 Å². The van der Waals surface area contributed by atoms with Crippen LogP contribution in [0.5, 0.6) is 0 Å². The van der Waals surface area contributed by atoms with Crippen LogP contribution in [0, 0.1) is 0 Å². The summed E-state index contributed by atoms with van der Waals surface area (Å²) in [4.78, 5) is 29.2. The smallest absolute Gasteiger partial charge is 0.270 e. The van der Waals surface area contributed by atoms with E-state index in [0.29, 0.717) is 10.4 Å². The maximum Gasteiger partial charge on any atom is 0.270 e. The second-order valence-corrected chi connectivity index (χ2v) is 6.43. The third kappa shape index (κ3) is 3.28. The molecule has 0 unspecified atom stereocenters. The molecule has 5 nitrogen and oxygen atoms in total. The van der Waals surface area contributed by atoms with E-state index in [0.717, 1.165) is 10.2 Å². The highest BCUT2D eigenvalue weighted by atomic mass is 32.1. The number of hydrogen-bond donors (Lipinski definition) is 1. The standard InChI is InChI=1S/C18H17N3O2S/c1-12(19-17(23)13-8-4-3-5-9-13)16(22)20-18-21(2)14-10-6-7-11-15(14)24-18/h3-12H,1-2H3,(H,19,23)/t12-/m1/s1. The first kappa shape index (κ1) is 16.1. The Morgan fingerprint density at radius 3 is 2.46 bits per heavy atom. The number of nitrogens with one attached hydrogen (secondary N) is 1. The van der Waals surface area contributed by atoms with Crippen molar-refractivity contribution in [3.63, 3.8) is 0 Å². The molecule has 0 aliphatic heterocycles. The molecule has 0 spiro atoms. The number of thiazole rings is 1. The zero-order chi connectivity index (χ0) is 17.1. The molecule has 6 heteroatoms. The monoisotopic (exact) mass is 339 g/mol. The summed E-state index contributed by atoms with van der Waals surface area (Å²) < 4.78 is 2.94. The van der Waals surface area contributed by atoms with Crippen LogP contribution in [0.25, 0.3) is 10.2 Å². The fourth-order valence-corrected chi connectivity index (χ4v) is 3.33. The molecule has 1 heterocycles. The number of benzene rings is 2. The van der Waals surface area contributed by atoms with E-state index in [4.69, 9.17) is 0 Å². The summed E-state index contributed by atoms with van der Waals surface area (Å²) in [6.07, 6.45) is 0. The second kappa shape index (κ2) is 6.80. The van der Waals surface area contributed by atoms with Crippen LogP contribution in [0.1, 0.15) is 17.3 Å². The Morgan fingerprint density at radius 2 is 1.75 bits per heavy atom. The summed E-state index contributed by atoms with van der Waals surface area (Å²) in [6, 6.07) is 16.0. The van der Waals surface area contributed by atoms with Crippen molar-refractivity contribution in [1.82, 2.24) is 9.88 Å². The normalized spacial score (nSPS) is 13.0. The van der Waals surface area contributed by atoms with Gasteiger partial charge >= 0.3 is 0 Å². The first-order chi connectivity index (χ1) is 11.6. The summed E-state index contributed by atoms with van der Waals surface area (Å²) in [5.74, 6) is -0.659. The molecule has 1 aromatic heterocycles. The van der Waals surface area contributed by atoms with Gasteiger partial charge in [0.2, 0.25) is 0 Å². The van der Waals surface area contributed by atoms with Crippen molar-refractivity contribution in [2.75, 3.05) is 0 Å². The lowest BCUT2D eigenvalue weighted by Crippen LogP contribution is -2.38. The molecular weight excluding hydrogens is 322 g/mol. The van der Waals surface area contributed by atoms with E-state index in [2.05, 4.69) is 10.3 Å². The lowest BCUT2D eigenvalue weighted by atomic mass is 10.2.